The van der Waals surface area contributed by atoms with Crippen molar-refractivity contribution in [2.75, 3.05) is 39.3 Å². The number of hydrogen-bond donors (Lipinski definition) is 6. The van der Waals surface area contributed by atoms with Crippen molar-refractivity contribution < 1.29 is 52.3 Å². The standard InChI is InChI=1S/3C2H8N2.2ClH.Ni.2H2O/c3*3-1-2-4;;;;;/h3*1-4H2;2*1H;;2*1H2/q;;;;;+2;;/p-2. The van der Waals surface area contributed by atoms with Crippen molar-refractivity contribution in [2.45, 2.75) is 0 Å². The first-order chi connectivity index (χ1) is 5.74. The molecule has 0 aliphatic heterocycles. The Morgan fingerprint density at radius 2 is 0.471 bits per heavy atom. The maximum absolute atomic E-state index is 4.90. The molecule has 0 spiro atoms. The van der Waals surface area contributed by atoms with Gasteiger partial charge in [0.05, 0.1) is 0 Å². The van der Waals surface area contributed by atoms with Crippen LogP contribution in [0, 0.1) is 0 Å². The van der Waals surface area contributed by atoms with E-state index in [-0.39, 0.29) is 52.3 Å². The normalized spacial score (nSPS) is 5.29. The van der Waals surface area contributed by atoms with Crippen molar-refractivity contribution in [1.29, 1.82) is 0 Å². The van der Waals surface area contributed by atoms with Gasteiger partial charge in [0.1, 0.15) is 0 Å². The average molecular weight is 346 g/mol. The van der Waals surface area contributed by atoms with Crippen molar-refractivity contribution in [2.24, 2.45) is 34.4 Å². The van der Waals surface area contributed by atoms with Crippen LogP contribution in [-0.2, 0) is 16.5 Å². The predicted octanol–water partition coefficient (Wildman–Crippen LogP) is -10.9. The summed E-state index contributed by atoms with van der Waals surface area (Å²) in [5, 5.41) is 0. The molecule has 0 radical (unpaired) electrons. The molecule has 0 aliphatic carbocycles. The minimum absolute atomic E-state index is 0. The zero-order valence-corrected chi connectivity index (χ0v) is 12.3. The zero-order valence-electron chi connectivity index (χ0n) is 9.78. The molecule has 0 amide bonds. The molecule has 0 fully saturated rings. The Balaban J connectivity index is -0.0000000104. The van der Waals surface area contributed by atoms with Crippen LogP contribution in [0.5, 0.6) is 0 Å². The van der Waals surface area contributed by atoms with Crippen molar-refractivity contribution in [3.05, 3.63) is 0 Å². The fourth-order valence-corrected chi connectivity index (χ4v) is 0. The fourth-order valence-electron chi connectivity index (χ4n) is 0. The quantitative estimate of drug-likeness (QED) is 0.272. The van der Waals surface area contributed by atoms with Gasteiger partial charge in [0, 0.05) is 39.3 Å². The number of hydrogen-bond acceptors (Lipinski definition) is 6. The van der Waals surface area contributed by atoms with Gasteiger partial charge in [0.15, 0.2) is 0 Å². The van der Waals surface area contributed by atoms with Crippen molar-refractivity contribution in [1.82, 2.24) is 0 Å². The summed E-state index contributed by atoms with van der Waals surface area (Å²) in [4.78, 5) is 0. The van der Waals surface area contributed by atoms with Crippen molar-refractivity contribution in [3.8, 4) is 0 Å². The van der Waals surface area contributed by atoms with Gasteiger partial charge in [0.25, 0.3) is 0 Å². The van der Waals surface area contributed by atoms with E-state index in [1.165, 1.54) is 0 Å². The van der Waals surface area contributed by atoms with E-state index in [1.807, 2.05) is 0 Å². The van der Waals surface area contributed by atoms with E-state index in [4.69, 9.17) is 34.4 Å². The molecule has 0 saturated carbocycles. The van der Waals surface area contributed by atoms with Crippen LogP contribution in [0.1, 0.15) is 0 Å². The molecule has 0 bridgehead atoms. The van der Waals surface area contributed by atoms with Crippen LogP contribution in [0.2, 0.25) is 0 Å². The van der Waals surface area contributed by atoms with Gasteiger partial charge in [-0.3, -0.25) is 0 Å². The van der Waals surface area contributed by atoms with E-state index in [0.717, 1.165) is 0 Å². The fraction of sp³-hybridized carbons (Fsp3) is 1.00. The van der Waals surface area contributed by atoms with E-state index in [0.29, 0.717) is 39.3 Å². The number of halogens is 2. The minimum Gasteiger partial charge on any atom is -1.00 e. The molecular formula is C6H28Cl2N6NiO2. The first-order valence-corrected chi connectivity index (χ1v) is 3.95. The van der Waals surface area contributed by atoms with Gasteiger partial charge in [-0.15, -0.1) is 0 Å². The topological polar surface area (TPSA) is 219 Å². The number of nitrogens with two attached hydrogens (primary N) is 6. The largest absolute Gasteiger partial charge is 2.00 e. The average Bonchev–Trinajstić information content (AvgIpc) is 2.18. The van der Waals surface area contributed by atoms with Crippen molar-refractivity contribution in [3.63, 3.8) is 0 Å². The van der Waals surface area contributed by atoms with Gasteiger partial charge in [-0.1, -0.05) is 0 Å². The van der Waals surface area contributed by atoms with Crippen LogP contribution < -0.4 is 59.2 Å². The second-order valence-electron chi connectivity index (χ2n) is 1.73. The molecule has 8 nitrogen and oxygen atoms in total. The van der Waals surface area contributed by atoms with Crippen LogP contribution >= 0.6 is 0 Å². The molecule has 0 aliphatic rings. The maximum atomic E-state index is 4.90. The second-order valence-corrected chi connectivity index (χ2v) is 1.73. The summed E-state index contributed by atoms with van der Waals surface area (Å²) < 4.78 is 0. The van der Waals surface area contributed by atoms with Crippen LogP contribution in [0.25, 0.3) is 0 Å². The molecule has 0 aromatic rings. The minimum atomic E-state index is 0. The van der Waals surface area contributed by atoms with Gasteiger partial charge >= 0.3 is 16.5 Å². The van der Waals surface area contributed by atoms with E-state index in [9.17, 15) is 0 Å². The summed E-state index contributed by atoms with van der Waals surface area (Å²) in [6.45, 7) is 3.58. The molecule has 118 valence electrons. The van der Waals surface area contributed by atoms with Gasteiger partial charge in [-0.2, -0.15) is 0 Å². The van der Waals surface area contributed by atoms with Crippen LogP contribution in [0.15, 0.2) is 0 Å². The van der Waals surface area contributed by atoms with Crippen molar-refractivity contribution >= 4 is 0 Å². The molecule has 0 aromatic carbocycles. The molecule has 16 N–H and O–H groups in total. The maximum Gasteiger partial charge on any atom is 2.00 e. The zero-order chi connectivity index (χ0) is 10.2. The molecular weight excluding hydrogens is 318 g/mol. The molecule has 17 heavy (non-hydrogen) atoms. The third-order valence-corrected chi connectivity index (χ3v) is 0.500. The third-order valence-electron chi connectivity index (χ3n) is 0.500. The summed E-state index contributed by atoms with van der Waals surface area (Å²) in [5.74, 6) is 0. The molecule has 0 rings (SSSR count). The Labute approximate surface area is 126 Å². The van der Waals surface area contributed by atoms with E-state index in [2.05, 4.69) is 0 Å². The Morgan fingerprint density at radius 1 is 0.412 bits per heavy atom. The summed E-state index contributed by atoms with van der Waals surface area (Å²) in [7, 11) is 0. The Bertz CT molecular complexity index is 50.0. The van der Waals surface area contributed by atoms with E-state index < -0.39 is 0 Å². The van der Waals surface area contributed by atoms with Gasteiger partial charge in [-0.25, -0.2) is 0 Å². The van der Waals surface area contributed by atoms with Crippen LogP contribution in [0.4, 0.5) is 0 Å². The molecule has 0 aromatic heterocycles. The Morgan fingerprint density at radius 3 is 0.471 bits per heavy atom. The van der Waals surface area contributed by atoms with Crippen LogP contribution in [-0.4, -0.2) is 50.2 Å². The summed E-state index contributed by atoms with van der Waals surface area (Å²) in [5.41, 5.74) is 29.4. The van der Waals surface area contributed by atoms with Gasteiger partial charge in [0.2, 0.25) is 0 Å². The first kappa shape index (κ1) is 52.4. The Hall–Kier alpha value is 0.754. The summed E-state index contributed by atoms with van der Waals surface area (Å²) in [6.07, 6.45) is 0. The third kappa shape index (κ3) is 259. The summed E-state index contributed by atoms with van der Waals surface area (Å²) >= 11 is 0. The van der Waals surface area contributed by atoms with Gasteiger partial charge < -0.3 is 70.2 Å². The van der Waals surface area contributed by atoms with Crippen LogP contribution in [0.3, 0.4) is 0 Å². The molecule has 0 unspecified atom stereocenters. The molecule has 0 atom stereocenters. The molecule has 11 heteroatoms. The van der Waals surface area contributed by atoms with E-state index >= 15 is 0 Å². The Kier molecular flexibility index (Phi) is 281. The molecule has 0 heterocycles. The monoisotopic (exact) mass is 344 g/mol. The molecule has 0 saturated heterocycles. The first-order valence-electron chi connectivity index (χ1n) is 3.95. The second kappa shape index (κ2) is 91.2. The smallest absolute Gasteiger partial charge is 1.00 e. The number of rotatable bonds is 3. The SMILES string of the molecule is NCCN.NCCN.NCCN.O.O.[Cl-].[Cl-].[Ni+2]. The van der Waals surface area contributed by atoms with E-state index in [1.54, 1.807) is 0 Å². The van der Waals surface area contributed by atoms with Gasteiger partial charge in [-0.05, 0) is 0 Å². The summed E-state index contributed by atoms with van der Waals surface area (Å²) in [6, 6.07) is 0. The predicted molar refractivity (Wildman–Crippen MR) is 61.6 cm³/mol.